The Bertz CT molecular complexity index is 458. The highest BCUT2D eigenvalue weighted by atomic mass is 79.9. The van der Waals surface area contributed by atoms with E-state index in [1.807, 2.05) is 0 Å². The number of halogens is 3. The Hall–Kier alpha value is -1.21. The average molecular weight is 337 g/mol. The van der Waals surface area contributed by atoms with E-state index >= 15 is 0 Å². The molecule has 0 bridgehead atoms. The van der Waals surface area contributed by atoms with Gasteiger partial charge in [-0.1, -0.05) is 0 Å². The normalized spacial score (nSPS) is 10.4. The number of methoxy groups -OCH3 is 1. The molecule has 0 spiro atoms. The Kier molecular flexibility index (Phi) is 6.17. The lowest BCUT2D eigenvalue weighted by atomic mass is 10.3. The lowest BCUT2D eigenvalue weighted by Crippen LogP contribution is -2.32. The van der Waals surface area contributed by atoms with Crippen LogP contribution in [0.5, 0.6) is 0 Å². The molecule has 2 amide bonds. The van der Waals surface area contributed by atoms with Crippen LogP contribution >= 0.6 is 15.9 Å². The van der Waals surface area contributed by atoms with Crippen LogP contribution in [0.2, 0.25) is 0 Å². The summed E-state index contributed by atoms with van der Waals surface area (Å²) >= 11 is 3.06. The van der Waals surface area contributed by atoms with Crippen molar-refractivity contribution in [1.29, 1.82) is 0 Å². The first-order valence-corrected chi connectivity index (χ1v) is 6.40. The second-order valence-corrected chi connectivity index (χ2v) is 4.80. The molecule has 19 heavy (non-hydrogen) atoms. The van der Waals surface area contributed by atoms with Gasteiger partial charge in [-0.15, -0.1) is 0 Å². The van der Waals surface area contributed by atoms with Gasteiger partial charge < -0.3 is 15.0 Å². The van der Waals surface area contributed by atoms with Crippen molar-refractivity contribution in [2.75, 3.05) is 32.6 Å². The van der Waals surface area contributed by atoms with Crippen molar-refractivity contribution in [3.05, 3.63) is 28.2 Å². The highest BCUT2D eigenvalue weighted by Crippen LogP contribution is 2.25. The number of benzene rings is 1. The molecular formula is C12H15BrF2N2O2. The zero-order chi connectivity index (χ0) is 14.4. The number of nitrogens with zero attached hydrogens (tertiary/aromatic N) is 1. The lowest BCUT2D eigenvalue weighted by Gasteiger charge is -2.18. The number of carbonyl (C=O) groups excluding carboxylic acids is 1. The van der Waals surface area contributed by atoms with E-state index in [1.165, 1.54) is 4.90 Å². The molecule has 0 saturated heterocycles. The molecule has 0 radical (unpaired) electrons. The van der Waals surface area contributed by atoms with Crippen LogP contribution in [0.4, 0.5) is 19.3 Å². The SMILES string of the molecule is COCCCN(C)C(=O)Nc1cc(F)c(F)cc1Br. The summed E-state index contributed by atoms with van der Waals surface area (Å²) in [6.45, 7) is 1.05. The minimum Gasteiger partial charge on any atom is -0.385 e. The van der Waals surface area contributed by atoms with Gasteiger partial charge in [0, 0.05) is 37.8 Å². The van der Waals surface area contributed by atoms with Gasteiger partial charge in [-0.3, -0.25) is 0 Å². The van der Waals surface area contributed by atoms with Crippen LogP contribution < -0.4 is 5.32 Å². The molecule has 0 aliphatic carbocycles. The molecule has 0 unspecified atom stereocenters. The maximum atomic E-state index is 13.1. The molecule has 1 aromatic rings. The zero-order valence-electron chi connectivity index (χ0n) is 10.7. The fourth-order valence-electron chi connectivity index (χ4n) is 1.38. The predicted octanol–water partition coefficient (Wildman–Crippen LogP) is 3.23. The summed E-state index contributed by atoms with van der Waals surface area (Å²) in [4.78, 5) is 13.2. The summed E-state index contributed by atoms with van der Waals surface area (Å²) in [7, 11) is 3.19. The highest BCUT2D eigenvalue weighted by Gasteiger charge is 2.13. The van der Waals surface area contributed by atoms with E-state index < -0.39 is 17.7 Å². The van der Waals surface area contributed by atoms with Crippen molar-refractivity contribution in [1.82, 2.24) is 4.90 Å². The number of amides is 2. The van der Waals surface area contributed by atoms with Gasteiger partial charge in [0.2, 0.25) is 0 Å². The molecule has 1 rings (SSSR count). The van der Waals surface area contributed by atoms with Crippen LogP contribution in [-0.4, -0.2) is 38.2 Å². The molecule has 0 heterocycles. The Balaban J connectivity index is 2.64. The van der Waals surface area contributed by atoms with Crippen molar-refractivity contribution in [3.63, 3.8) is 0 Å². The van der Waals surface area contributed by atoms with Gasteiger partial charge in [0.05, 0.1) is 5.69 Å². The van der Waals surface area contributed by atoms with Crippen LogP contribution in [0.25, 0.3) is 0 Å². The first kappa shape index (κ1) is 15.8. The number of anilines is 1. The number of hydrogen-bond acceptors (Lipinski definition) is 2. The second kappa shape index (κ2) is 7.40. The van der Waals surface area contributed by atoms with E-state index in [0.29, 0.717) is 19.6 Å². The third kappa shape index (κ3) is 4.76. The van der Waals surface area contributed by atoms with Gasteiger partial charge in [-0.05, 0) is 28.4 Å². The van der Waals surface area contributed by atoms with Gasteiger partial charge >= 0.3 is 6.03 Å². The molecule has 0 aliphatic heterocycles. The molecule has 106 valence electrons. The van der Waals surface area contributed by atoms with E-state index in [0.717, 1.165) is 12.1 Å². The second-order valence-electron chi connectivity index (χ2n) is 3.94. The fourth-order valence-corrected chi connectivity index (χ4v) is 1.79. The van der Waals surface area contributed by atoms with E-state index in [9.17, 15) is 13.6 Å². The molecule has 0 atom stereocenters. The highest BCUT2D eigenvalue weighted by molar-refractivity contribution is 9.10. The molecule has 4 nitrogen and oxygen atoms in total. The van der Waals surface area contributed by atoms with Crippen molar-refractivity contribution in [2.24, 2.45) is 0 Å². The van der Waals surface area contributed by atoms with Crippen LogP contribution in [0.3, 0.4) is 0 Å². The maximum Gasteiger partial charge on any atom is 0.321 e. The summed E-state index contributed by atoms with van der Waals surface area (Å²) in [6.07, 6.45) is 0.694. The molecular weight excluding hydrogens is 322 g/mol. The van der Waals surface area contributed by atoms with E-state index in [2.05, 4.69) is 21.2 Å². The van der Waals surface area contributed by atoms with E-state index in [1.54, 1.807) is 14.2 Å². The largest absolute Gasteiger partial charge is 0.385 e. The number of nitrogens with one attached hydrogen (secondary N) is 1. The molecule has 0 fully saturated rings. The van der Waals surface area contributed by atoms with Gasteiger partial charge in [-0.2, -0.15) is 0 Å². The third-order valence-corrected chi connectivity index (χ3v) is 3.10. The topological polar surface area (TPSA) is 41.6 Å². The number of carbonyl (C=O) groups is 1. The van der Waals surface area contributed by atoms with Crippen molar-refractivity contribution in [3.8, 4) is 0 Å². The maximum absolute atomic E-state index is 13.1. The smallest absolute Gasteiger partial charge is 0.321 e. The first-order valence-electron chi connectivity index (χ1n) is 5.61. The van der Waals surface area contributed by atoms with Gasteiger partial charge in [0.15, 0.2) is 11.6 Å². The monoisotopic (exact) mass is 336 g/mol. The number of ether oxygens (including phenoxy) is 1. The molecule has 1 N–H and O–H groups in total. The molecule has 0 aromatic heterocycles. The molecule has 1 aromatic carbocycles. The number of hydrogen-bond donors (Lipinski definition) is 1. The summed E-state index contributed by atoms with van der Waals surface area (Å²) in [5.74, 6) is -1.99. The Morgan fingerprint density at radius 2 is 2.05 bits per heavy atom. The zero-order valence-corrected chi connectivity index (χ0v) is 12.3. The Labute approximate surface area is 118 Å². The summed E-state index contributed by atoms with van der Waals surface area (Å²) in [6, 6.07) is 1.50. The van der Waals surface area contributed by atoms with Crippen LogP contribution in [0.1, 0.15) is 6.42 Å². The van der Waals surface area contributed by atoms with Crippen molar-refractivity contribution < 1.29 is 18.3 Å². The average Bonchev–Trinajstić information content (AvgIpc) is 2.36. The standard InChI is InChI=1S/C12H15BrF2N2O2/c1-17(4-3-5-19-2)12(18)16-11-7-10(15)9(14)6-8(11)13/h6-7H,3-5H2,1-2H3,(H,16,18). The van der Waals surface area contributed by atoms with Crippen LogP contribution in [-0.2, 0) is 4.74 Å². The predicted molar refractivity (Wildman–Crippen MR) is 72.2 cm³/mol. The first-order chi connectivity index (χ1) is 8.95. The molecule has 0 aliphatic rings. The quantitative estimate of drug-likeness (QED) is 0.662. The minimum absolute atomic E-state index is 0.183. The summed E-state index contributed by atoms with van der Waals surface area (Å²) in [5.41, 5.74) is 0.183. The summed E-state index contributed by atoms with van der Waals surface area (Å²) < 4.78 is 31.2. The Morgan fingerprint density at radius 1 is 1.42 bits per heavy atom. The number of urea groups is 1. The van der Waals surface area contributed by atoms with E-state index in [-0.39, 0.29) is 10.2 Å². The molecule has 0 saturated carbocycles. The third-order valence-electron chi connectivity index (χ3n) is 2.44. The van der Waals surface area contributed by atoms with Gasteiger partial charge in [0.25, 0.3) is 0 Å². The van der Waals surface area contributed by atoms with Gasteiger partial charge in [0.1, 0.15) is 0 Å². The van der Waals surface area contributed by atoms with E-state index in [4.69, 9.17) is 4.74 Å². The summed E-state index contributed by atoms with van der Waals surface area (Å²) in [5, 5.41) is 2.50. The van der Waals surface area contributed by atoms with Gasteiger partial charge in [-0.25, -0.2) is 13.6 Å². The van der Waals surface area contributed by atoms with Crippen molar-refractivity contribution >= 4 is 27.6 Å². The molecule has 7 heteroatoms. The number of rotatable bonds is 5. The minimum atomic E-state index is -1.01. The fraction of sp³-hybridized carbons (Fsp3) is 0.417. The Morgan fingerprint density at radius 3 is 2.68 bits per heavy atom. The van der Waals surface area contributed by atoms with Crippen LogP contribution in [0, 0.1) is 11.6 Å². The lowest BCUT2D eigenvalue weighted by molar-refractivity contribution is 0.179. The van der Waals surface area contributed by atoms with Crippen LogP contribution in [0.15, 0.2) is 16.6 Å². The van der Waals surface area contributed by atoms with Crippen molar-refractivity contribution in [2.45, 2.75) is 6.42 Å².